The molecule has 2 rings (SSSR count). The van der Waals surface area contributed by atoms with Crippen molar-refractivity contribution in [2.24, 2.45) is 5.41 Å². The standard InChI is InChI=1S/C18H22/c1-14-5-9-16(10-6-14)17-11-7-15(8-12-17)13-18(2,3)4/h5-12H,13H2,1-4H3/i13D2. The van der Waals surface area contributed by atoms with Crippen LogP contribution in [-0.4, -0.2) is 0 Å². The Morgan fingerprint density at radius 2 is 1.28 bits per heavy atom. The number of benzene rings is 2. The molecule has 0 saturated heterocycles. The van der Waals surface area contributed by atoms with Gasteiger partial charge in [-0.25, -0.2) is 0 Å². The molecule has 0 aliphatic carbocycles. The van der Waals surface area contributed by atoms with Crippen molar-refractivity contribution in [3.8, 4) is 11.1 Å². The summed E-state index contributed by atoms with van der Waals surface area (Å²) >= 11 is 0. The Bertz CT molecular complexity index is 572. The van der Waals surface area contributed by atoms with Crippen molar-refractivity contribution in [3.05, 3.63) is 59.7 Å². The SMILES string of the molecule is [2H]C([2H])(c1ccc(-c2ccc(C)cc2)cc1)C(C)(C)C. The minimum absolute atomic E-state index is 0.418. The first-order chi connectivity index (χ1) is 9.22. The van der Waals surface area contributed by atoms with Gasteiger partial charge in [-0.2, -0.15) is 0 Å². The van der Waals surface area contributed by atoms with Crippen molar-refractivity contribution in [1.82, 2.24) is 0 Å². The van der Waals surface area contributed by atoms with E-state index in [4.69, 9.17) is 2.74 Å². The highest BCUT2D eigenvalue weighted by Gasteiger charge is 2.10. The Morgan fingerprint density at radius 1 is 0.833 bits per heavy atom. The van der Waals surface area contributed by atoms with Crippen LogP contribution in [0.15, 0.2) is 48.5 Å². The fraction of sp³-hybridized carbons (Fsp3) is 0.333. The van der Waals surface area contributed by atoms with Gasteiger partial charge in [0, 0.05) is 2.74 Å². The highest BCUT2D eigenvalue weighted by molar-refractivity contribution is 5.63. The van der Waals surface area contributed by atoms with Crippen molar-refractivity contribution in [3.63, 3.8) is 0 Å². The molecule has 0 radical (unpaired) electrons. The van der Waals surface area contributed by atoms with Crippen LogP contribution >= 0.6 is 0 Å². The van der Waals surface area contributed by atoms with Crippen LogP contribution in [0.1, 0.15) is 34.6 Å². The normalized spacial score (nSPS) is 14.0. The second-order valence-corrected chi connectivity index (χ2v) is 5.82. The highest BCUT2D eigenvalue weighted by atomic mass is 14.2. The molecule has 18 heavy (non-hydrogen) atoms. The smallest absolute Gasteiger partial charge is 0.0321 e. The highest BCUT2D eigenvalue weighted by Crippen LogP contribution is 2.24. The topological polar surface area (TPSA) is 0 Å². The Labute approximate surface area is 113 Å². The van der Waals surface area contributed by atoms with E-state index >= 15 is 0 Å². The summed E-state index contributed by atoms with van der Waals surface area (Å²) < 4.78 is 16.6. The van der Waals surface area contributed by atoms with E-state index in [1.165, 1.54) is 11.1 Å². The van der Waals surface area contributed by atoms with E-state index < -0.39 is 11.8 Å². The van der Waals surface area contributed by atoms with Crippen molar-refractivity contribution >= 4 is 0 Å². The summed E-state index contributed by atoms with van der Waals surface area (Å²) in [5.41, 5.74) is 3.85. The molecular weight excluding hydrogens is 216 g/mol. The summed E-state index contributed by atoms with van der Waals surface area (Å²) in [7, 11) is 0. The second kappa shape index (κ2) is 4.97. The number of hydrogen-bond donors (Lipinski definition) is 0. The van der Waals surface area contributed by atoms with E-state index in [1.54, 1.807) is 0 Å². The second-order valence-electron chi connectivity index (χ2n) is 5.82. The monoisotopic (exact) mass is 240 g/mol. The lowest BCUT2D eigenvalue weighted by molar-refractivity contribution is 0.411. The molecule has 0 aliphatic heterocycles. The predicted octanol–water partition coefficient (Wildman–Crippen LogP) is 5.25. The first-order valence-corrected chi connectivity index (χ1v) is 6.39. The zero-order chi connectivity index (χ0) is 15.0. The van der Waals surface area contributed by atoms with Gasteiger partial charge < -0.3 is 0 Å². The Balaban J connectivity index is 2.33. The molecule has 2 aromatic carbocycles. The molecule has 0 saturated carbocycles. The van der Waals surface area contributed by atoms with Gasteiger partial charge in [0.1, 0.15) is 0 Å². The molecule has 0 atom stereocenters. The Kier molecular flexibility index (Phi) is 2.87. The zero-order valence-corrected chi connectivity index (χ0v) is 11.6. The third-order valence-electron chi connectivity index (χ3n) is 2.79. The molecule has 94 valence electrons. The molecular formula is C18H22. The first kappa shape index (κ1) is 10.4. The fourth-order valence-electron chi connectivity index (χ4n) is 1.93. The third kappa shape index (κ3) is 3.46. The zero-order valence-electron chi connectivity index (χ0n) is 13.6. The van der Waals surface area contributed by atoms with Gasteiger partial charge in [0.15, 0.2) is 0 Å². The van der Waals surface area contributed by atoms with Gasteiger partial charge in [-0.15, -0.1) is 0 Å². The number of rotatable bonds is 2. The van der Waals surface area contributed by atoms with Gasteiger partial charge in [-0.1, -0.05) is 74.9 Å². The summed E-state index contributed by atoms with van der Waals surface area (Å²) in [6.07, 6.45) is -1.33. The van der Waals surface area contributed by atoms with Crippen molar-refractivity contribution in [2.75, 3.05) is 0 Å². The summed E-state index contributed by atoms with van der Waals surface area (Å²) in [6, 6.07) is 16.2. The van der Waals surface area contributed by atoms with Crippen LogP contribution in [0, 0.1) is 12.3 Å². The van der Waals surface area contributed by atoms with E-state index in [1.807, 2.05) is 45.0 Å². The molecule has 0 amide bonds. The molecule has 2 aromatic rings. The summed E-state index contributed by atoms with van der Waals surface area (Å²) in [6.45, 7) is 7.87. The van der Waals surface area contributed by atoms with Crippen LogP contribution in [0.25, 0.3) is 11.1 Å². The molecule has 0 unspecified atom stereocenters. The molecule has 0 N–H and O–H groups in total. The fourth-order valence-corrected chi connectivity index (χ4v) is 1.93. The number of aryl methyl sites for hydroxylation is 1. The molecule has 0 aromatic heterocycles. The Morgan fingerprint density at radius 3 is 1.72 bits per heavy atom. The molecule has 0 bridgehead atoms. The van der Waals surface area contributed by atoms with E-state index in [0.29, 0.717) is 0 Å². The van der Waals surface area contributed by atoms with Crippen LogP contribution in [0.5, 0.6) is 0 Å². The van der Waals surface area contributed by atoms with Gasteiger partial charge in [0.25, 0.3) is 0 Å². The summed E-state index contributed by atoms with van der Waals surface area (Å²) in [4.78, 5) is 0. The average Bonchev–Trinajstić information content (AvgIpc) is 2.38. The summed E-state index contributed by atoms with van der Waals surface area (Å²) in [5, 5.41) is 0. The van der Waals surface area contributed by atoms with Crippen molar-refractivity contribution in [1.29, 1.82) is 0 Å². The van der Waals surface area contributed by atoms with Crippen LogP contribution in [0.3, 0.4) is 0 Å². The lowest BCUT2D eigenvalue weighted by atomic mass is 9.87. The Hall–Kier alpha value is -1.56. The molecule has 0 fully saturated rings. The lowest BCUT2D eigenvalue weighted by Gasteiger charge is -2.18. The van der Waals surface area contributed by atoms with E-state index in [-0.39, 0.29) is 0 Å². The quantitative estimate of drug-likeness (QED) is 0.672. The largest absolute Gasteiger partial charge is 0.0599 e. The van der Waals surface area contributed by atoms with Gasteiger partial charge in [0.2, 0.25) is 0 Å². The van der Waals surface area contributed by atoms with Gasteiger partial charge in [0.05, 0.1) is 0 Å². The third-order valence-corrected chi connectivity index (χ3v) is 2.79. The molecule has 0 heterocycles. The molecule has 0 spiro atoms. The van der Waals surface area contributed by atoms with Crippen LogP contribution < -0.4 is 0 Å². The van der Waals surface area contributed by atoms with Gasteiger partial charge in [-0.3, -0.25) is 0 Å². The van der Waals surface area contributed by atoms with Crippen LogP contribution in [-0.2, 0) is 6.37 Å². The van der Waals surface area contributed by atoms with E-state index in [0.717, 1.165) is 11.1 Å². The predicted molar refractivity (Wildman–Crippen MR) is 79.8 cm³/mol. The summed E-state index contributed by atoms with van der Waals surface area (Å²) in [5.74, 6) is 0. The van der Waals surface area contributed by atoms with E-state index in [2.05, 4.69) is 31.2 Å². The molecule has 0 heteroatoms. The maximum Gasteiger partial charge on any atom is 0.0321 e. The first-order valence-electron chi connectivity index (χ1n) is 7.39. The molecule has 0 aliphatic rings. The van der Waals surface area contributed by atoms with Crippen LogP contribution in [0.2, 0.25) is 0 Å². The van der Waals surface area contributed by atoms with Crippen LogP contribution in [0.4, 0.5) is 0 Å². The van der Waals surface area contributed by atoms with Crippen molar-refractivity contribution < 1.29 is 2.74 Å². The van der Waals surface area contributed by atoms with Crippen molar-refractivity contribution in [2.45, 2.75) is 34.1 Å². The maximum atomic E-state index is 8.29. The average molecular weight is 240 g/mol. The molecule has 0 nitrogen and oxygen atoms in total. The van der Waals surface area contributed by atoms with Gasteiger partial charge >= 0.3 is 0 Å². The van der Waals surface area contributed by atoms with E-state index in [9.17, 15) is 0 Å². The number of hydrogen-bond acceptors (Lipinski definition) is 0. The lowest BCUT2D eigenvalue weighted by Crippen LogP contribution is -2.08. The maximum absolute atomic E-state index is 8.29. The minimum atomic E-state index is -1.33. The minimum Gasteiger partial charge on any atom is -0.0599 e. The van der Waals surface area contributed by atoms with Gasteiger partial charge in [-0.05, 0) is 35.4 Å².